The average Bonchev–Trinajstić information content (AvgIpc) is 2.87. The molecule has 0 saturated carbocycles. The first-order chi connectivity index (χ1) is 9.66. The fraction of sp³-hybridized carbons (Fsp3) is 0.571. The predicted molar refractivity (Wildman–Crippen MR) is 86.5 cm³/mol. The van der Waals surface area contributed by atoms with Crippen LogP contribution in [0.5, 0.6) is 0 Å². The number of benzene rings is 1. The Kier molecular flexibility index (Phi) is 4.90. The fourth-order valence-electron chi connectivity index (χ4n) is 2.65. The quantitative estimate of drug-likeness (QED) is 0.911. The minimum atomic E-state index is -3.65. The second-order valence-corrected chi connectivity index (χ2v) is 8.37. The molecule has 0 aromatic heterocycles. The van der Waals surface area contributed by atoms with Crippen molar-refractivity contribution in [2.75, 3.05) is 13.1 Å². The van der Waals surface area contributed by atoms with Gasteiger partial charge < -0.3 is 5.73 Å². The number of halogens is 2. The van der Waals surface area contributed by atoms with Gasteiger partial charge in [-0.3, -0.25) is 0 Å². The molecule has 1 aromatic rings. The molecule has 1 aliphatic rings. The van der Waals surface area contributed by atoms with Crippen LogP contribution in [0.2, 0.25) is 10.0 Å². The first-order valence-electron chi connectivity index (χ1n) is 6.87. The highest BCUT2D eigenvalue weighted by Crippen LogP contribution is 2.36. The van der Waals surface area contributed by atoms with Crippen molar-refractivity contribution in [1.82, 2.24) is 4.31 Å². The summed E-state index contributed by atoms with van der Waals surface area (Å²) >= 11 is 12.4. The Morgan fingerprint density at radius 3 is 2.52 bits per heavy atom. The van der Waals surface area contributed by atoms with Crippen molar-refractivity contribution in [2.24, 2.45) is 11.7 Å². The molecule has 118 valence electrons. The molecule has 21 heavy (non-hydrogen) atoms. The number of hydrogen-bond acceptors (Lipinski definition) is 3. The molecule has 0 radical (unpaired) electrons. The smallest absolute Gasteiger partial charge is 0.244 e. The number of nitrogens with two attached hydrogens (primary N) is 1. The average molecular weight is 351 g/mol. The summed E-state index contributed by atoms with van der Waals surface area (Å²) in [5.74, 6) is 0.180. The van der Waals surface area contributed by atoms with Gasteiger partial charge in [0.05, 0.1) is 5.02 Å². The maximum Gasteiger partial charge on any atom is 0.244 e. The van der Waals surface area contributed by atoms with Crippen LogP contribution in [0.1, 0.15) is 24.5 Å². The van der Waals surface area contributed by atoms with Gasteiger partial charge in [-0.2, -0.15) is 4.31 Å². The van der Waals surface area contributed by atoms with Crippen molar-refractivity contribution in [1.29, 1.82) is 0 Å². The maximum atomic E-state index is 12.9. The largest absolute Gasteiger partial charge is 0.328 e. The second kappa shape index (κ2) is 6.05. The summed E-state index contributed by atoms with van der Waals surface area (Å²) in [6.45, 7) is 6.24. The molecule has 4 nitrogen and oxygen atoms in total. The third kappa shape index (κ3) is 3.08. The Morgan fingerprint density at radius 1 is 1.38 bits per heavy atom. The van der Waals surface area contributed by atoms with Crippen LogP contribution in [0.4, 0.5) is 0 Å². The number of hydrogen-bond donors (Lipinski definition) is 1. The van der Waals surface area contributed by atoms with Crippen LogP contribution in [0.15, 0.2) is 11.0 Å². The summed E-state index contributed by atoms with van der Waals surface area (Å²) in [5, 5.41) is 0.666. The van der Waals surface area contributed by atoms with Crippen LogP contribution in [0, 0.1) is 19.8 Å². The standard InChI is InChI=1S/C14H20Cl2N2O2S/c1-8-6-12(15)9(2)14(13(8)16)21(19,20)18-5-4-11(7-18)10(3)17/h6,10-11H,4-5,7,17H2,1-3H3. The third-order valence-electron chi connectivity index (χ3n) is 4.12. The molecule has 1 saturated heterocycles. The van der Waals surface area contributed by atoms with Crippen LogP contribution < -0.4 is 5.73 Å². The SMILES string of the molecule is Cc1cc(Cl)c(C)c(S(=O)(=O)N2CCC(C(C)N)C2)c1Cl. The van der Waals surface area contributed by atoms with E-state index >= 15 is 0 Å². The first kappa shape index (κ1) is 17.0. The summed E-state index contributed by atoms with van der Waals surface area (Å²) in [7, 11) is -3.65. The van der Waals surface area contributed by atoms with E-state index in [1.54, 1.807) is 19.9 Å². The van der Waals surface area contributed by atoms with E-state index in [-0.39, 0.29) is 21.9 Å². The molecule has 0 amide bonds. The lowest BCUT2D eigenvalue weighted by atomic mass is 10.0. The zero-order valence-corrected chi connectivity index (χ0v) is 14.7. The van der Waals surface area contributed by atoms with Crippen molar-refractivity contribution in [3.05, 3.63) is 27.2 Å². The zero-order valence-electron chi connectivity index (χ0n) is 12.4. The molecule has 1 aliphatic heterocycles. The van der Waals surface area contributed by atoms with E-state index in [0.29, 0.717) is 29.2 Å². The van der Waals surface area contributed by atoms with Crippen LogP contribution in [-0.4, -0.2) is 31.9 Å². The first-order valence-corrected chi connectivity index (χ1v) is 9.06. The fourth-order valence-corrected chi connectivity index (χ4v) is 5.33. The Morgan fingerprint density at radius 2 is 2.00 bits per heavy atom. The van der Waals surface area contributed by atoms with E-state index in [0.717, 1.165) is 6.42 Å². The monoisotopic (exact) mass is 350 g/mol. The van der Waals surface area contributed by atoms with Gasteiger partial charge in [0.1, 0.15) is 4.90 Å². The van der Waals surface area contributed by atoms with Crippen LogP contribution in [0.25, 0.3) is 0 Å². The Balaban J connectivity index is 2.47. The summed E-state index contributed by atoms with van der Waals surface area (Å²) < 4.78 is 27.2. The van der Waals surface area contributed by atoms with Crippen molar-refractivity contribution < 1.29 is 8.42 Å². The molecule has 2 N–H and O–H groups in total. The summed E-state index contributed by atoms with van der Waals surface area (Å²) in [6.07, 6.45) is 0.771. The molecular formula is C14H20Cl2N2O2S. The second-order valence-electron chi connectivity index (χ2n) is 5.71. The van der Waals surface area contributed by atoms with Crippen molar-refractivity contribution in [2.45, 2.75) is 38.1 Å². The van der Waals surface area contributed by atoms with Crippen LogP contribution in [-0.2, 0) is 10.0 Å². The molecule has 2 atom stereocenters. The van der Waals surface area contributed by atoms with E-state index < -0.39 is 10.0 Å². The molecule has 1 heterocycles. The number of nitrogens with zero attached hydrogens (tertiary/aromatic N) is 1. The van der Waals surface area contributed by atoms with Crippen LogP contribution in [0.3, 0.4) is 0 Å². The molecule has 7 heteroatoms. The molecule has 0 bridgehead atoms. The van der Waals surface area contributed by atoms with Gasteiger partial charge in [-0.15, -0.1) is 0 Å². The topological polar surface area (TPSA) is 63.4 Å². The molecule has 1 aromatic carbocycles. The Hall–Kier alpha value is -0.330. The number of sulfonamides is 1. The lowest BCUT2D eigenvalue weighted by molar-refractivity contribution is 0.429. The van der Waals surface area contributed by atoms with Crippen molar-refractivity contribution in [3.8, 4) is 0 Å². The Bertz CT molecular complexity index is 633. The minimum Gasteiger partial charge on any atom is -0.328 e. The van der Waals surface area contributed by atoms with Gasteiger partial charge in [-0.1, -0.05) is 23.2 Å². The molecule has 1 fully saturated rings. The van der Waals surface area contributed by atoms with Gasteiger partial charge in [0.2, 0.25) is 10.0 Å². The molecule has 0 spiro atoms. The van der Waals surface area contributed by atoms with Gasteiger partial charge >= 0.3 is 0 Å². The molecular weight excluding hydrogens is 331 g/mol. The minimum absolute atomic E-state index is 0.0251. The number of aryl methyl sites for hydroxylation is 1. The third-order valence-corrected chi connectivity index (χ3v) is 7.15. The van der Waals surface area contributed by atoms with Crippen molar-refractivity contribution >= 4 is 33.2 Å². The predicted octanol–water partition coefficient (Wildman–Crippen LogP) is 2.97. The van der Waals surface area contributed by atoms with Crippen LogP contribution >= 0.6 is 23.2 Å². The van der Waals surface area contributed by atoms with E-state index in [9.17, 15) is 8.42 Å². The van der Waals surface area contributed by atoms with Gasteiger partial charge in [-0.25, -0.2) is 8.42 Å². The van der Waals surface area contributed by atoms with Gasteiger partial charge in [-0.05, 0) is 50.3 Å². The summed E-state index contributed by atoms with van der Waals surface area (Å²) in [4.78, 5) is 0.125. The normalized spacial score (nSPS) is 21.7. The van der Waals surface area contributed by atoms with Crippen molar-refractivity contribution in [3.63, 3.8) is 0 Å². The molecule has 0 aliphatic carbocycles. The molecule has 2 rings (SSSR count). The lowest BCUT2D eigenvalue weighted by Crippen LogP contribution is -2.33. The number of rotatable bonds is 3. The Labute approximate surface area is 136 Å². The zero-order chi connectivity index (χ0) is 15.9. The van der Waals surface area contributed by atoms with E-state index in [1.807, 2.05) is 6.92 Å². The lowest BCUT2D eigenvalue weighted by Gasteiger charge is -2.21. The maximum absolute atomic E-state index is 12.9. The van der Waals surface area contributed by atoms with Gasteiger partial charge in [0.25, 0.3) is 0 Å². The van der Waals surface area contributed by atoms with E-state index in [1.165, 1.54) is 4.31 Å². The van der Waals surface area contributed by atoms with Gasteiger partial charge in [0, 0.05) is 24.2 Å². The summed E-state index contributed by atoms with van der Waals surface area (Å²) in [6, 6.07) is 1.66. The molecule has 2 unspecified atom stereocenters. The van der Waals surface area contributed by atoms with Gasteiger partial charge in [0.15, 0.2) is 0 Å². The van der Waals surface area contributed by atoms with E-state index in [4.69, 9.17) is 28.9 Å². The highest BCUT2D eigenvalue weighted by molar-refractivity contribution is 7.89. The summed E-state index contributed by atoms with van der Waals surface area (Å²) in [5.41, 5.74) is 7.04. The highest BCUT2D eigenvalue weighted by Gasteiger charge is 2.36. The van der Waals surface area contributed by atoms with E-state index in [2.05, 4.69) is 0 Å². The highest BCUT2D eigenvalue weighted by atomic mass is 35.5.